The van der Waals surface area contributed by atoms with E-state index in [9.17, 15) is 4.79 Å². The molecule has 1 aromatic carbocycles. The first kappa shape index (κ1) is 21.0. The average Bonchev–Trinajstić information content (AvgIpc) is 2.78. The summed E-state index contributed by atoms with van der Waals surface area (Å²) in [5, 5.41) is 0. The highest BCUT2D eigenvalue weighted by Gasteiger charge is 2.25. The van der Waals surface area contributed by atoms with Gasteiger partial charge >= 0.3 is 0 Å². The van der Waals surface area contributed by atoms with Crippen LogP contribution in [0.25, 0.3) is 0 Å². The number of nitrogens with zero attached hydrogens (tertiary/aromatic N) is 5. The fraction of sp³-hybridized carbons (Fsp3) is 0.500. The topological polar surface area (TPSA) is 42.9 Å². The summed E-state index contributed by atoms with van der Waals surface area (Å²) in [6.07, 6.45) is 3.70. The summed E-state index contributed by atoms with van der Waals surface area (Å²) >= 11 is 0. The number of hydrogen-bond donors (Lipinski definition) is 0. The van der Waals surface area contributed by atoms with E-state index in [0.717, 1.165) is 65.4 Å². The summed E-state index contributed by atoms with van der Waals surface area (Å²) in [7, 11) is 0. The normalized spacial score (nSPS) is 19.2. The number of piperazine rings is 2. The summed E-state index contributed by atoms with van der Waals surface area (Å²) in [6, 6.07) is 12.7. The molecule has 2 fully saturated rings. The first-order chi connectivity index (χ1) is 14.7. The molecule has 0 bridgehead atoms. The minimum Gasteiger partial charge on any atom is -0.339 e. The molecule has 4 rings (SSSR count). The van der Waals surface area contributed by atoms with Gasteiger partial charge in [0, 0.05) is 77.8 Å². The zero-order valence-corrected chi connectivity index (χ0v) is 18.0. The van der Waals surface area contributed by atoms with Crippen LogP contribution in [0, 0.1) is 6.92 Å². The van der Waals surface area contributed by atoms with Crippen LogP contribution in [0.1, 0.15) is 16.7 Å². The van der Waals surface area contributed by atoms with Crippen molar-refractivity contribution in [1.29, 1.82) is 0 Å². The summed E-state index contributed by atoms with van der Waals surface area (Å²) < 4.78 is 0. The summed E-state index contributed by atoms with van der Waals surface area (Å²) in [5.74, 6) is 0.285. The summed E-state index contributed by atoms with van der Waals surface area (Å²) in [4.78, 5) is 26.2. The van der Waals surface area contributed by atoms with Crippen LogP contribution in [-0.4, -0.2) is 89.4 Å². The van der Waals surface area contributed by atoms with Gasteiger partial charge in [0.2, 0.25) is 5.91 Å². The maximum absolute atomic E-state index is 12.8. The van der Waals surface area contributed by atoms with E-state index in [-0.39, 0.29) is 5.91 Å². The largest absolute Gasteiger partial charge is 0.339 e. The number of carbonyl (C=O) groups is 1. The molecule has 6 nitrogen and oxygen atoms in total. The number of benzene rings is 1. The zero-order chi connectivity index (χ0) is 20.8. The smallest absolute Gasteiger partial charge is 0.236 e. The SMILES string of the molecule is Cc1ccccc1CN1CCN(C(=O)CN2CCN(Cc3ccncc3)CC2)CC1. The highest BCUT2D eigenvalue weighted by atomic mass is 16.2. The molecule has 2 aromatic rings. The Bertz CT molecular complexity index is 811. The lowest BCUT2D eigenvalue weighted by molar-refractivity contribution is -0.134. The van der Waals surface area contributed by atoms with E-state index in [1.165, 1.54) is 16.7 Å². The predicted molar refractivity (Wildman–Crippen MR) is 119 cm³/mol. The maximum atomic E-state index is 12.8. The first-order valence-electron chi connectivity index (χ1n) is 11.1. The molecule has 0 aliphatic carbocycles. The van der Waals surface area contributed by atoms with E-state index in [2.05, 4.69) is 67.9 Å². The lowest BCUT2D eigenvalue weighted by Gasteiger charge is -2.38. The highest BCUT2D eigenvalue weighted by Crippen LogP contribution is 2.13. The third kappa shape index (κ3) is 5.65. The number of hydrogen-bond acceptors (Lipinski definition) is 5. The van der Waals surface area contributed by atoms with Crippen molar-refractivity contribution in [3.63, 3.8) is 0 Å². The van der Waals surface area contributed by atoms with Gasteiger partial charge in [-0.1, -0.05) is 24.3 Å². The molecule has 30 heavy (non-hydrogen) atoms. The molecule has 2 aliphatic rings. The Labute approximate surface area is 180 Å². The minimum absolute atomic E-state index is 0.285. The number of aromatic nitrogens is 1. The van der Waals surface area contributed by atoms with Gasteiger partial charge in [0.05, 0.1) is 6.54 Å². The molecular weight excluding hydrogens is 374 g/mol. The molecule has 0 spiro atoms. The van der Waals surface area contributed by atoms with E-state index in [4.69, 9.17) is 0 Å². The monoisotopic (exact) mass is 407 g/mol. The van der Waals surface area contributed by atoms with E-state index in [1.807, 2.05) is 12.4 Å². The number of amides is 1. The van der Waals surface area contributed by atoms with Crippen molar-refractivity contribution >= 4 is 5.91 Å². The molecule has 3 heterocycles. The lowest BCUT2D eigenvalue weighted by Crippen LogP contribution is -2.53. The van der Waals surface area contributed by atoms with Crippen LogP contribution in [0.3, 0.4) is 0 Å². The van der Waals surface area contributed by atoms with Gasteiger partial charge in [-0.15, -0.1) is 0 Å². The molecule has 0 saturated carbocycles. The molecule has 1 aromatic heterocycles. The van der Waals surface area contributed by atoms with E-state index < -0.39 is 0 Å². The van der Waals surface area contributed by atoms with Gasteiger partial charge in [-0.05, 0) is 35.7 Å². The van der Waals surface area contributed by atoms with Crippen molar-refractivity contribution < 1.29 is 4.79 Å². The van der Waals surface area contributed by atoms with Crippen LogP contribution in [0.5, 0.6) is 0 Å². The Hall–Kier alpha value is -2.28. The molecule has 2 aliphatic heterocycles. The Balaban J connectivity index is 1.17. The lowest BCUT2D eigenvalue weighted by atomic mass is 10.1. The van der Waals surface area contributed by atoms with Crippen molar-refractivity contribution in [2.24, 2.45) is 0 Å². The van der Waals surface area contributed by atoms with Crippen LogP contribution >= 0.6 is 0 Å². The molecular formula is C24H33N5O. The quantitative estimate of drug-likeness (QED) is 0.731. The fourth-order valence-corrected chi connectivity index (χ4v) is 4.33. The average molecular weight is 408 g/mol. The fourth-order valence-electron chi connectivity index (χ4n) is 4.33. The Kier molecular flexibility index (Phi) is 7.10. The van der Waals surface area contributed by atoms with Gasteiger partial charge in [-0.2, -0.15) is 0 Å². The van der Waals surface area contributed by atoms with Gasteiger partial charge < -0.3 is 4.90 Å². The molecule has 1 amide bonds. The second kappa shape index (κ2) is 10.2. The van der Waals surface area contributed by atoms with Gasteiger partial charge in [-0.3, -0.25) is 24.5 Å². The van der Waals surface area contributed by atoms with Crippen molar-refractivity contribution in [1.82, 2.24) is 24.6 Å². The molecule has 160 valence electrons. The van der Waals surface area contributed by atoms with Crippen LogP contribution in [0.2, 0.25) is 0 Å². The second-order valence-electron chi connectivity index (χ2n) is 8.49. The molecule has 0 N–H and O–H groups in total. The van der Waals surface area contributed by atoms with Crippen molar-refractivity contribution in [2.45, 2.75) is 20.0 Å². The Morgan fingerprint density at radius 2 is 1.40 bits per heavy atom. The number of aryl methyl sites for hydroxylation is 1. The van der Waals surface area contributed by atoms with Gasteiger partial charge in [0.15, 0.2) is 0 Å². The number of rotatable bonds is 6. The van der Waals surface area contributed by atoms with Crippen molar-refractivity contribution in [3.05, 3.63) is 65.5 Å². The van der Waals surface area contributed by atoms with Gasteiger partial charge in [0.1, 0.15) is 0 Å². The molecule has 0 atom stereocenters. The Morgan fingerprint density at radius 1 is 0.800 bits per heavy atom. The molecule has 2 saturated heterocycles. The molecule has 0 unspecified atom stereocenters. The molecule has 0 radical (unpaired) electrons. The summed E-state index contributed by atoms with van der Waals surface area (Å²) in [5.41, 5.74) is 4.04. The van der Waals surface area contributed by atoms with Crippen molar-refractivity contribution in [2.75, 3.05) is 58.9 Å². The van der Waals surface area contributed by atoms with E-state index >= 15 is 0 Å². The molecule has 6 heteroatoms. The predicted octanol–water partition coefficient (Wildman–Crippen LogP) is 1.85. The van der Waals surface area contributed by atoms with Crippen LogP contribution < -0.4 is 0 Å². The maximum Gasteiger partial charge on any atom is 0.236 e. The second-order valence-corrected chi connectivity index (χ2v) is 8.49. The van der Waals surface area contributed by atoms with E-state index in [0.29, 0.717) is 6.54 Å². The summed E-state index contributed by atoms with van der Waals surface area (Å²) in [6.45, 7) is 12.2. The highest BCUT2D eigenvalue weighted by molar-refractivity contribution is 5.78. The van der Waals surface area contributed by atoms with Crippen LogP contribution in [0.15, 0.2) is 48.8 Å². The van der Waals surface area contributed by atoms with E-state index in [1.54, 1.807) is 0 Å². The number of carbonyl (C=O) groups excluding carboxylic acids is 1. The third-order valence-corrected chi connectivity index (χ3v) is 6.36. The number of pyridine rings is 1. The Morgan fingerprint density at radius 3 is 2.10 bits per heavy atom. The zero-order valence-electron chi connectivity index (χ0n) is 18.0. The first-order valence-corrected chi connectivity index (χ1v) is 11.1. The standard InChI is InChI=1S/C24H33N5O/c1-21-4-2-3-5-23(21)19-27-14-16-29(17-15-27)24(30)20-28-12-10-26(11-13-28)18-22-6-8-25-9-7-22/h2-9H,10-20H2,1H3. The van der Waals surface area contributed by atoms with Crippen LogP contribution in [0.4, 0.5) is 0 Å². The van der Waals surface area contributed by atoms with Gasteiger partial charge in [0.25, 0.3) is 0 Å². The third-order valence-electron chi connectivity index (χ3n) is 6.36. The van der Waals surface area contributed by atoms with Gasteiger partial charge in [-0.25, -0.2) is 0 Å². The van der Waals surface area contributed by atoms with Crippen LogP contribution in [-0.2, 0) is 17.9 Å². The van der Waals surface area contributed by atoms with Crippen molar-refractivity contribution in [3.8, 4) is 0 Å². The minimum atomic E-state index is 0.285.